The minimum Gasteiger partial charge on any atom is -0.307 e. The molecule has 1 N–H and O–H groups in total. The second-order valence-corrected chi connectivity index (χ2v) is 5.06. The van der Waals surface area contributed by atoms with Gasteiger partial charge in [-0.2, -0.15) is 0 Å². The molecule has 2 rings (SSSR count). The Kier molecular flexibility index (Phi) is 4.29. The molecule has 90 valence electrons. The van der Waals surface area contributed by atoms with Crippen LogP contribution in [0, 0.1) is 6.92 Å². The van der Waals surface area contributed by atoms with Crippen LogP contribution in [0.2, 0.25) is 0 Å². The Morgan fingerprint density at radius 3 is 2.76 bits per heavy atom. The molecule has 0 amide bonds. The van der Waals surface area contributed by atoms with E-state index in [2.05, 4.69) is 53.8 Å². The van der Waals surface area contributed by atoms with E-state index in [0.29, 0.717) is 0 Å². The summed E-state index contributed by atoms with van der Waals surface area (Å²) in [6.45, 7) is 6.05. The molecule has 0 bridgehead atoms. The van der Waals surface area contributed by atoms with Gasteiger partial charge in [0, 0.05) is 18.5 Å². The van der Waals surface area contributed by atoms with E-state index >= 15 is 0 Å². The summed E-state index contributed by atoms with van der Waals surface area (Å²) in [7, 11) is 0. The van der Waals surface area contributed by atoms with E-state index in [-0.39, 0.29) is 0 Å². The van der Waals surface area contributed by atoms with Crippen molar-refractivity contribution in [3.8, 4) is 0 Å². The summed E-state index contributed by atoms with van der Waals surface area (Å²) in [4.78, 5) is 4.54. The molecule has 1 aromatic heterocycles. The average molecular weight is 246 g/mol. The molecule has 1 heterocycles. The Morgan fingerprint density at radius 2 is 2.06 bits per heavy atom. The molecule has 0 aliphatic rings. The lowest BCUT2D eigenvalue weighted by Crippen LogP contribution is -2.13. The highest BCUT2D eigenvalue weighted by atomic mass is 32.1. The van der Waals surface area contributed by atoms with Crippen molar-refractivity contribution in [2.45, 2.75) is 33.4 Å². The van der Waals surface area contributed by atoms with Crippen LogP contribution in [0.4, 0.5) is 0 Å². The van der Waals surface area contributed by atoms with Gasteiger partial charge >= 0.3 is 0 Å². The highest BCUT2D eigenvalue weighted by molar-refractivity contribution is 7.09. The Bertz CT molecular complexity index is 477. The quantitative estimate of drug-likeness (QED) is 0.875. The van der Waals surface area contributed by atoms with Gasteiger partial charge in [-0.25, -0.2) is 4.98 Å². The molecule has 0 radical (unpaired) electrons. The predicted molar refractivity (Wildman–Crippen MR) is 73.2 cm³/mol. The molecule has 3 heteroatoms. The van der Waals surface area contributed by atoms with Crippen LogP contribution in [-0.2, 0) is 19.5 Å². The van der Waals surface area contributed by atoms with Crippen molar-refractivity contribution in [3.63, 3.8) is 0 Å². The van der Waals surface area contributed by atoms with E-state index in [1.54, 1.807) is 11.3 Å². The normalized spacial score (nSPS) is 10.7. The number of aryl methyl sites for hydroxylation is 2. The fraction of sp³-hybridized carbons (Fsp3) is 0.357. The van der Waals surface area contributed by atoms with Crippen molar-refractivity contribution in [1.82, 2.24) is 10.3 Å². The molecule has 0 fully saturated rings. The molecule has 0 aliphatic carbocycles. The molecule has 0 atom stereocenters. The molecular formula is C14H18N2S. The minimum atomic E-state index is 0.852. The molecule has 2 aromatic rings. The first-order chi connectivity index (χ1) is 8.29. The van der Waals surface area contributed by atoms with Crippen molar-refractivity contribution >= 4 is 11.3 Å². The Balaban J connectivity index is 1.85. The van der Waals surface area contributed by atoms with E-state index < -0.39 is 0 Å². The Morgan fingerprint density at radius 1 is 1.24 bits per heavy atom. The monoisotopic (exact) mass is 246 g/mol. The molecule has 0 spiro atoms. The first kappa shape index (κ1) is 12.3. The zero-order valence-corrected chi connectivity index (χ0v) is 11.2. The van der Waals surface area contributed by atoms with Gasteiger partial charge in [0.05, 0.1) is 10.7 Å². The summed E-state index contributed by atoms with van der Waals surface area (Å²) >= 11 is 1.75. The van der Waals surface area contributed by atoms with E-state index in [0.717, 1.165) is 25.2 Å². The summed E-state index contributed by atoms with van der Waals surface area (Å²) in [5, 5.41) is 6.80. The van der Waals surface area contributed by atoms with Gasteiger partial charge in [0.1, 0.15) is 0 Å². The SMILES string of the molecule is CCc1nc(CNCc2ccccc2C)cs1. The van der Waals surface area contributed by atoms with E-state index in [1.807, 2.05) is 0 Å². The molecule has 0 saturated carbocycles. The number of rotatable bonds is 5. The lowest BCUT2D eigenvalue weighted by Gasteiger charge is -2.06. The maximum absolute atomic E-state index is 4.54. The summed E-state index contributed by atoms with van der Waals surface area (Å²) in [6.07, 6.45) is 1.03. The second-order valence-electron chi connectivity index (χ2n) is 4.12. The van der Waals surface area contributed by atoms with Crippen molar-refractivity contribution in [3.05, 3.63) is 51.5 Å². The summed E-state index contributed by atoms with van der Waals surface area (Å²) in [5.74, 6) is 0. The molecular weight excluding hydrogens is 228 g/mol. The summed E-state index contributed by atoms with van der Waals surface area (Å²) < 4.78 is 0. The van der Waals surface area contributed by atoms with E-state index in [9.17, 15) is 0 Å². The third-order valence-corrected chi connectivity index (χ3v) is 3.83. The van der Waals surface area contributed by atoms with Gasteiger partial charge < -0.3 is 5.32 Å². The topological polar surface area (TPSA) is 24.9 Å². The number of benzene rings is 1. The first-order valence-electron chi connectivity index (χ1n) is 5.98. The number of nitrogens with zero attached hydrogens (tertiary/aromatic N) is 1. The van der Waals surface area contributed by atoms with Crippen LogP contribution in [0.3, 0.4) is 0 Å². The highest BCUT2D eigenvalue weighted by Gasteiger charge is 2.00. The van der Waals surface area contributed by atoms with Gasteiger partial charge in [-0.05, 0) is 24.5 Å². The van der Waals surface area contributed by atoms with Crippen molar-refractivity contribution in [2.24, 2.45) is 0 Å². The molecule has 1 aromatic carbocycles. The van der Waals surface area contributed by atoms with Gasteiger partial charge in [0.15, 0.2) is 0 Å². The summed E-state index contributed by atoms with van der Waals surface area (Å²) in [5.41, 5.74) is 3.85. The van der Waals surface area contributed by atoms with E-state index in [4.69, 9.17) is 0 Å². The standard InChI is InChI=1S/C14H18N2S/c1-3-14-16-13(10-17-14)9-15-8-12-7-5-4-6-11(12)2/h4-7,10,15H,3,8-9H2,1-2H3. The minimum absolute atomic E-state index is 0.852. The molecule has 2 nitrogen and oxygen atoms in total. The lowest BCUT2D eigenvalue weighted by molar-refractivity contribution is 0.678. The molecule has 0 aliphatic heterocycles. The number of hydrogen-bond donors (Lipinski definition) is 1. The molecule has 0 saturated heterocycles. The van der Waals surface area contributed by atoms with Crippen molar-refractivity contribution in [2.75, 3.05) is 0 Å². The van der Waals surface area contributed by atoms with Gasteiger partial charge in [-0.1, -0.05) is 31.2 Å². The average Bonchev–Trinajstić information content (AvgIpc) is 2.80. The largest absolute Gasteiger partial charge is 0.307 e. The van der Waals surface area contributed by atoms with Crippen LogP contribution < -0.4 is 5.32 Å². The van der Waals surface area contributed by atoms with Crippen molar-refractivity contribution < 1.29 is 0 Å². The van der Waals surface area contributed by atoms with E-state index in [1.165, 1.54) is 16.1 Å². The van der Waals surface area contributed by atoms with Crippen LogP contribution in [0.1, 0.15) is 28.8 Å². The molecule has 0 unspecified atom stereocenters. The third kappa shape index (κ3) is 3.38. The maximum Gasteiger partial charge on any atom is 0.0926 e. The predicted octanol–water partition coefficient (Wildman–Crippen LogP) is 3.30. The second kappa shape index (κ2) is 5.94. The van der Waals surface area contributed by atoms with Crippen LogP contribution in [0.5, 0.6) is 0 Å². The highest BCUT2D eigenvalue weighted by Crippen LogP contribution is 2.10. The Labute approximate surface area is 107 Å². The number of aromatic nitrogens is 1. The molecule has 17 heavy (non-hydrogen) atoms. The first-order valence-corrected chi connectivity index (χ1v) is 6.86. The Hall–Kier alpha value is -1.19. The number of nitrogens with one attached hydrogen (secondary N) is 1. The fourth-order valence-electron chi connectivity index (χ4n) is 1.73. The number of hydrogen-bond acceptors (Lipinski definition) is 3. The van der Waals surface area contributed by atoms with Crippen molar-refractivity contribution in [1.29, 1.82) is 0 Å². The third-order valence-electron chi connectivity index (χ3n) is 2.78. The van der Waals surface area contributed by atoms with Crippen LogP contribution in [0.25, 0.3) is 0 Å². The smallest absolute Gasteiger partial charge is 0.0926 e. The fourth-order valence-corrected chi connectivity index (χ4v) is 2.47. The van der Waals surface area contributed by atoms with Gasteiger partial charge in [-0.3, -0.25) is 0 Å². The maximum atomic E-state index is 4.54. The van der Waals surface area contributed by atoms with Gasteiger partial charge in [0.25, 0.3) is 0 Å². The zero-order chi connectivity index (χ0) is 12.1. The van der Waals surface area contributed by atoms with Crippen LogP contribution in [0.15, 0.2) is 29.6 Å². The van der Waals surface area contributed by atoms with Gasteiger partial charge in [-0.15, -0.1) is 11.3 Å². The summed E-state index contributed by atoms with van der Waals surface area (Å²) in [6, 6.07) is 8.48. The van der Waals surface area contributed by atoms with Crippen LogP contribution >= 0.6 is 11.3 Å². The lowest BCUT2D eigenvalue weighted by atomic mass is 10.1. The zero-order valence-electron chi connectivity index (χ0n) is 10.4. The number of thiazole rings is 1. The van der Waals surface area contributed by atoms with Gasteiger partial charge in [0.2, 0.25) is 0 Å². The van der Waals surface area contributed by atoms with Crippen LogP contribution in [-0.4, -0.2) is 4.98 Å².